The normalized spacial score (nSPS) is 11.0. The number of nitrogens with zero attached hydrogens (tertiary/aromatic N) is 1. The molecule has 0 unspecified atom stereocenters. The molecule has 1 amide bonds. The maximum atomic E-state index is 12.7. The number of hydrogen-bond donors (Lipinski definition) is 0. The van der Waals surface area contributed by atoms with Gasteiger partial charge in [-0.15, -0.1) is 0 Å². The van der Waals surface area contributed by atoms with Crippen LogP contribution in [0.25, 0.3) is 6.08 Å². The molecule has 0 heterocycles. The van der Waals surface area contributed by atoms with Crippen LogP contribution in [-0.2, 0) is 11.3 Å². The van der Waals surface area contributed by atoms with Gasteiger partial charge in [-0.2, -0.15) is 8.78 Å². The number of hydrogen-bond acceptors (Lipinski definition) is 5. The van der Waals surface area contributed by atoms with Crippen molar-refractivity contribution in [3.05, 3.63) is 53.6 Å². The number of halogens is 2. The van der Waals surface area contributed by atoms with Crippen molar-refractivity contribution >= 4 is 12.0 Å². The highest BCUT2D eigenvalue weighted by molar-refractivity contribution is 5.91. The first kappa shape index (κ1) is 25.0. The standard InChI is InChI=1S/C24H29F2NO5/c1-5-27(16-18-9-11-19(30-6-2)21(15-18)29-4)23(28)13-10-17-8-12-20(32-24(25)26)22(14-17)31-7-3/h8-15,24H,5-7,16H2,1-4H3/b13-10+. The Labute approximate surface area is 187 Å². The van der Waals surface area contributed by atoms with Gasteiger partial charge in [0.15, 0.2) is 23.0 Å². The van der Waals surface area contributed by atoms with E-state index >= 15 is 0 Å². The predicted molar refractivity (Wildman–Crippen MR) is 119 cm³/mol. The highest BCUT2D eigenvalue weighted by Crippen LogP contribution is 2.31. The van der Waals surface area contributed by atoms with Crippen molar-refractivity contribution in [3.8, 4) is 23.0 Å². The Morgan fingerprint density at radius 3 is 2.28 bits per heavy atom. The van der Waals surface area contributed by atoms with Gasteiger partial charge >= 0.3 is 6.61 Å². The van der Waals surface area contributed by atoms with Gasteiger partial charge in [-0.3, -0.25) is 4.79 Å². The molecule has 0 aromatic heterocycles. The van der Waals surface area contributed by atoms with E-state index in [1.165, 1.54) is 12.1 Å². The van der Waals surface area contributed by atoms with Crippen molar-refractivity contribution in [2.75, 3.05) is 26.9 Å². The van der Waals surface area contributed by atoms with Crippen LogP contribution < -0.4 is 18.9 Å². The van der Waals surface area contributed by atoms with Gasteiger partial charge in [0.2, 0.25) is 5.91 Å². The first-order valence-electron chi connectivity index (χ1n) is 10.4. The van der Waals surface area contributed by atoms with E-state index in [0.717, 1.165) is 5.56 Å². The zero-order chi connectivity index (χ0) is 23.5. The number of carbonyl (C=O) groups excluding carboxylic acids is 1. The summed E-state index contributed by atoms with van der Waals surface area (Å²) >= 11 is 0. The van der Waals surface area contributed by atoms with Crippen molar-refractivity contribution < 1.29 is 32.5 Å². The van der Waals surface area contributed by atoms with E-state index in [1.54, 1.807) is 37.1 Å². The summed E-state index contributed by atoms with van der Waals surface area (Å²) in [6.45, 7) is 4.30. The molecule has 2 aromatic rings. The summed E-state index contributed by atoms with van der Waals surface area (Å²) in [6, 6.07) is 10.1. The second-order valence-corrected chi connectivity index (χ2v) is 6.62. The molecule has 0 saturated heterocycles. The molecule has 32 heavy (non-hydrogen) atoms. The third-order valence-corrected chi connectivity index (χ3v) is 4.50. The van der Waals surface area contributed by atoms with Crippen molar-refractivity contribution in [1.29, 1.82) is 0 Å². The first-order valence-corrected chi connectivity index (χ1v) is 10.4. The predicted octanol–water partition coefficient (Wildman–Crippen LogP) is 5.16. The summed E-state index contributed by atoms with van der Waals surface area (Å²) in [6.07, 6.45) is 3.05. The number of methoxy groups -OCH3 is 1. The Hall–Kier alpha value is -3.29. The second kappa shape index (κ2) is 12.5. The minimum Gasteiger partial charge on any atom is -0.493 e. The number of carbonyl (C=O) groups is 1. The number of rotatable bonds is 12. The molecule has 0 N–H and O–H groups in total. The lowest BCUT2D eigenvalue weighted by Crippen LogP contribution is -2.28. The molecule has 6 nitrogen and oxygen atoms in total. The molecule has 0 aliphatic carbocycles. The largest absolute Gasteiger partial charge is 0.493 e. The number of amides is 1. The van der Waals surface area contributed by atoms with Gasteiger partial charge < -0.3 is 23.8 Å². The highest BCUT2D eigenvalue weighted by atomic mass is 19.3. The lowest BCUT2D eigenvalue weighted by Gasteiger charge is -2.20. The molecule has 8 heteroatoms. The molecule has 174 valence electrons. The van der Waals surface area contributed by atoms with E-state index in [2.05, 4.69) is 4.74 Å². The van der Waals surface area contributed by atoms with Crippen LogP contribution in [-0.4, -0.2) is 44.3 Å². The SMILES string of the molecule is CCOc1ccc(CN(CC)C(=O)/C=C/c2ccc(OC(F)F)c(OCC)c2)cc1OC. The number of benzene rings is 2. The molecule has 0 aliphatic rings. The third kappa shape index (κ3) is 7.14. The molecule has 0 aliphatic heterocycles. The molecule has 0 atom stereocenters. The second-order valence-electron chi connectivity index (χ2n) is 6.62. The maximum Gasteiger partial charge on any atom is 0.387 e. The van der Waals surface area contributed by atoms with Crippen LogP contribution in [0.2, 0.25) is 0 Å². The minimum absolute atomic E-state index is 0.0510. The lowest BCUT2D eigenvalue weighted by molar-refractivity contribution is -0.126. The lowest BCUT2D eigenvalue weighted by atomic mass is 10.1. The maximum absolute atomic E-state index is 12.7. The smallest absolute Gasteiger partial charge is 0.387 e. The summed E-state index contributed by atoms with van der Waals surface area (Å²) in [4.78, 5) is 14.4. The first-order chi connectivity index (χ1) is 15.4. The molecule has 0 saturated carbocycles. The van der Waals surface area contributed by atoms with E-state index in [-0.39, 0.29) is 17.4 Å². The Bertz CT molecular complexity index is 917. The number of ether oxygens (including phenoxy) is 4. The Morgan fingerprint density at radius 2 is 1.66 bits per heavy atom. The zero-order valence-corrected chi connectivity index (χ0v) is 18.8. The van der Waals surface area contributed by atoms with Crippen LogP contribution in [0.15, 0.2) is 42.5 Å². The summed E-state index contributed by atoms with van der Waals surface area (Å²) in [5, 5.41) is 0. The molecule has 0 bridgehead atoms. The number of likely N-dealkylation sites (N-methyl/N-ethyl adjacent to an activating group) is 1. The van der Waals surface area contributed by atoms with Gasteiger partial charge in [-0.1, -0.05) is 12.1 Å². The number of alkyl halides is 2. The van der Waals surface area contributed by atoms with Crippen LogP contribution in [0.5, 0.6) is 23.0 Å². The average molecular weight is 449 g/mol. The Balaban J connectivity index is 2.13. The summed E-state index contributed by atoms with van der Waals surface area (Å²) in [7, 11) is 1.57. The van der Waals surface area contributed by atoms with Crippen LogP contribution >= 0.6 is 0 Å². The summed E-state index contributed by atoms with van der Waals surface area (Å²) in [5.74, 6) is 1.21. The van der Waals surface area contributed by atoms with E-state index in [1.807, 2.05) is 32.0 Å². The van der Waals surface area contributed by atoms with E-state index in [4.69, 9.17) is 14.2 Å². The topological polar surface area (TPSA) is 57.2 Å². The Morgan fingerprint density at radius 1 is 0.969 bits per heavy atom. The van der Waals surface area contributed by atoms with E-state index in [0.29, 0.717) is 43.4 Å². The molecule has 0 radical (unpaired) electrons. The van der Waals surface area contributed by atoms with Crippen LogP contribution in [0, 0.1) is 0 Å². The van der Waals surface area contributed by atoms with Crippen LogP contribution in [0.3, 0.4) is 0 Å². The van der Waals surface area contributed by atoms with Gasteiger partial charge in [-0.05, 0) is 62.2 Å². The quantitative estimate of drug-likeness (QED) is 0.419. The van der Waals surface area contributed by atoms with Gasteiger partial charge in [0.05, 0.1) is 20.3 Å². The fraction of sp³-hybridized carbons (Fsp3) is 0.375. The molecule has 2 aromatic carbocycles. The van der Waals surface area contributed by atoms with Crippen LogP contribution in [0.4, 0.5) is 8.78 Å². The fourth-order valence-corrected chi connectivity index (χ4v) is 3.01. The fourth-order valence-electron chi connectivity index (χ4n) is 3.01. The minimum atomic E-state index is -2.95. The zero-order valence-electron chi connectivity index (χ0n) is 18.8. The van der Waals surface area contributed by atoms with Crippen molar-refractivity contribution in [2.24, 2.45) is 0 Å². The van der Waals surface area contributed by atoms with Gasteiger partial charge in [0.1, 0.15) is 0 Å². The average Bonchev–Trinajstić information content (AvgIpc) is 2.78. The van der Waals surface area contributed by atoms with Crippen molar-refractivity contribution in [2.45, 2.75) is 33.9 Å². The molecular formula is C24H29F2NO5. The van der Waals surface area contributed by atoms with Crippen molar-refractivity contribution in [3.63, 3.8) is 0 Å². The van der Waals surface area contributed by atoms with Crippen LogP contribution in [0.1, 0.15) is 31.9 Å². The van der Waals surface area contributed by atoms with Gasteiger partial charge in [0.25, 0.3) is 0 Å². The Kier molecular flexibility index (Phi) is 9.78. The summed E-state index contributed by atoms with van der Waals surface area (Å²) < 4.78 is 45.8. The summed E-state index contributed by atoms with van der Waals surface area (Å²) in [5.41, 5.74) is 1.53. The highest BCUT2D eigenvalue weighted by Gasteiger charge is 2.13. The van der Waals surface area contributed by atoms with E-state index in [9.17, 15) is 13.6 Å². The van der Waals surface area contributed by atoms with E-state index < -0.39 is 6.61 Å². The molecule has 2 rings (SSSR count). The third-order valence-electron chi connectivity index (χ3n) is 4.50. The molecule has 0 fully saturated rings. The van der Waals surface area contributed by atoms with Gasteiger partial charge in [-0.25, -0.2) is 0 Å². The monoisotopic (exact) mass is 449 g/mol. The van der Waals surface area contributed by atoms with Crippen molar-refractivity contribution in [1.82, 2.24) is 4.90 Å². The van der Waals surface area contributed by atoms with Gasteiger partial charge in [0, 0.05) is 19.2 Å². The molecular weight excluding hydrogens is 420 g/mol. The molecule has 0 spiro atoms.